The normalized spacial score (nSPS) is 15.8. The summed E-state index contributed by atoms with van der Waals surface area (Å²) in [7, 11) is 1.92. The van der Waals surface area contributed by atoms with E-state index in [0.717, 1.165) is 17.8 Å². The van der Waals surface area contributed by atoms with E-state index in [1.54, 1.807) is 0 Å². The maximum Gasteiger partial charge on any atom is 0.313 e. The first-order chi connectivity index (χ1) is 13.5. The van der Waals surface area contributed by atoms with Crippen LogP contribution in [-0.4, -0.2) is 54.1 Å². The number of aryl methyl sites for hydroxylation is 1. The minimum atomic E-state index is -1.10. The summed E-state index contributed by atoms with van der Waals surface area (Å²) in [5.41, 5.74) is 1.01. The Morgan fingerprint density at radius 2 is 1.89 bits per heavy atom. The molecule has 1 aliphatic heterocycles. The quantitative estimate of drug-likeness (QED) is 0.755. The molecule has 7 nitrogen and oxygen atoms in total. The summed E-state index contributed by atoms with van der Waals surface area (Å²) in [5.74, 6) is -3.93. The molecule has 2 heterocycles. The summed E-state index contributed by atoms with van der Waals surface area (Å²) < 4.78 is 33.6. The Bertz CT molecular complexity index is 849. The SMILES string of the molecule is Cn1cccc1[C@@H](CNC(=O)C(=O)Nc1ccc(F)c(F)c1)N1CCOCC1. The van der Waals surface area contributed by atoms with Gasteiger partial charge in [0, 0.05) is 50.3 Å². The van der Waals surface area contributed by atoms with Gasteiger partial charge in [-0.25, -0.2) is 8.78 Å². The van der Waals surface area contributed by atoms with E-state index >= 15 is 0 Å². The van der Waals surface area contributed by atoms with E-state index in [1.807, 2.05) is 29.9 Å². The molecule has 2 amide bonds. The third kappa shape index (κ3) is 4.73. The van der Waals surface area contributed by atoms with Gasteiger partial charge in [0.15, 0.2) is 11.6 Å². The highest BCUT2D eigenvalue weighted by Crippen LogP contribution is 2.21. The van der Waals surface area contributed by atoms with Crippen LogP contribution in [0.5, 0.6) is 0 Å². The monoisotopic (exact) mass is 392 g/mol. The number of morpholine rings is 1. The summed E-state index contributed by atoms with van der Waals surface area (Å²) in [5, 5.41) is 4.89. The van der Waals surface area contributed by atoms with Crippen LogP contribution >= 0.6 is 0 Å². The number of aromatic nitrogens is 1. The van der Waals surface area contributed by atoms with Gasteiger partial charge in [0.25, 0.3) is 0 Å². The molecule has 0 aliphatic carbocycles. The summed E-state index contributed by atoms with van der Waals surface area (Å²) >= 11 is 0. The number of nitrogens with one attached hydrogen (secondary N) is 2. The Kier molecular flexibility index (Phi) is 6.37. The number of benzene rings is 1. The van der Waals surface area contributed by atoms with Crippen molar-refractivity contribution < 1.29 is 23.1 Å². The fraction of sp³-hybridized carbons (Fsp3) is 0.368. The molecule has 1 aromatic heterocycles. The number of amides is 2. The van der Waals surface area contributed by atoms with E-state index < -0.39 is 23.4 Å². The van der Waals surface area contributed by atoms with Gasteiger partial charge in [-0.15, -0.1) is 0 Å². The van der Waals surface area contributed by atoms with Crippen LogP contribution in [-0.2, 0) is 21.4 Å². The van der Waals surface area contributed by atoms with Gasteiger partial charge >= 0.3 is 11.8 Å². The van der Waals surface area contributed by atoms with E-state index in [-0.39, 0.29) is 18.3 Å². The summed E-state index contributed by atoms with van der Waals surface area (Å²) in [6, 6.07) is 6.65. The third-order valence-electron chi connectivity index (χ3n) is 4.65. The van der Waals surface area contributed by atoms with E-state index in [1.165, 1.54) is 6.07 Å². The number of hydrogen-bond donors (Lipinski definition) is 2. The molecule has 0 radical (unpaired) electrons. The first-order valence-electron chi connectivity index (χ1n) is 8.93. The van der Waals surface area contributed by atoms with Gasteiger partial charge in [-0.05, 0) is 24.3 Å². The Labute approximate surface area is 161 Å². The molecule has 150 valence electrons. The summed E-state index contributed by atoms with van der Waals surface area (Å²) in [6.07, 6.45) is 1.92. The number of carbonyl (C=O) groups excluding carboxylic acids is 2. The van der Waals surface area contributed by atoms with Gasteiger partial charge in [-0.2, -0.15) is 0 Å². The minimum absolute atomic E-state index is 0.00575. The fourth-order valence-corrected chi connectivity index (χ4v) is 3.16. The largest absolute Gasteiger partial charge is 0.379 e. The average Bonchev–Trinajstić information content (AvgIpc) is 3.11. The molecule has 1 fully saturated rings. The molecule has 1 saturated heterocycles. The second-order valence-electron chi connectivity index (χ2n) is 6.50. The van der Waals surface area contributed by atoms with E-state index in [2.05, 4.69) is 15.5 Å². The lowest BCUT2D eigenvalue weighted by atomic mass is 10.1. The number of hydrogen-bond acceptors (Lipinski definition) is 4. The zero-order chi connectivity index (χ0) is 20.1. The summed E-state index contributed by atoms with van der Waals surface area (Å²) in [4.78, 5) is 26.5. The zero-order valence-corrected chi connectivity index (χ0v) is 15.5. The first-order valence-corrected chi connectivity index (χ1v) is 8.93. The molecular weight excluding hydrogens is 370 g/mol. The molecule has 1 aromatic carbocycles. The van der Waals surface area contributed by atoms with Crippen molar-refractivity contribution in [1.29, 1.82) is 0 Å². The maximum atomic E-state index is 13.2. The minimum Gasteiger partial charge on any atom is -0.379 e. The molecule has 28 heavy (non-hydrogen) atoms. The Balaban J connectivity index is 1.63. The number of halogens is 2. The van der Waals surface area contributed by atoms with Crippen LogP contribution in [0.3, 0.4) is 0 Å². The van der Waals surface area contributed by atoms with E-state index in [0.29, 0.717) is 26.3 Å². The van der Waals surface area contributed by atoms with Crippen molar-refractivity contribution in [2.24, 2.45) is 7.05 Å². The molecule has 0 saturated carbocycles. The Morgan fingerprint density at radius 3 is 2.54 bits per heavy atom. The molecule has 2 aromatic rings. The number of nitrogens with zero attached hydrogens (tertiary/aromatic N) is 2. The molecule has 1 aliphatic rings. The fourth-order valence-electron chi connectivity index (χ4n) is 3.16. The van der Waals surface area contributed by atoms with Crippen LogP contribution in [0.25, 0.3) is 0 Å². The number of anilines is 1. The predicted molar refractivity (Wildman–Crippen MR) is 98.5 cm³/mol. The summed E-state index contributed by atoms with van der Waals surface area (Å²) in [6.45, 7) is 2.86. The number of ether oxygens (including phenoxy) is 1. The van der Waals surface area contributed by atoms with Gasteiger partial charge in [0.05, 0.1) is 19.3 Å². The molecule has 0 bridgehead atoms. The van der Waals surface area contributed by atoms with Gasteiger partial charge in [0.1, 0.15) is 0 Å². The highest BCUT2D eigenvalue weighted by atomic mass is 19.2. The highest BCUT2D eigenvalue weighted by molar-refractivity contribution is 6.39. The second-order valence-corrected chi connectivity index (χ2v) is 6.50. The van der Waals surface area contributed by atoms with Crippen molar-refractivity contribution in [2.45, 2.75) is 6.04 Å². The van der Waals surface area contributed by atoms with Gasteiger partial charge in [-0.1, -0.05) is 0 Å². The van der Waals surface area contributed by atoms with Crippen molar-refractivity contribution >= 4 is 17.5 Å². The average molecular weight is 392 g/mol. The molecule has 0 unspecified atom stereocenters. The van der Waals surface area contributed by atoms with Crippen LogP contribution in [0.4, 0.5) is 14.5 Å². The van der Waals surface area contributed by atoms with E-state index in [4.69, 9.17) is 4.74 Å². The smallest absolute Gasteiger partial charge is 0.313 e. The van der Waals surface area contributed by atoms with Gasteiger partial charge in [0.2, 0.25) is 0 Å². The van der Waals surface area contributed by atoms with E-state index in [9.17, 15) is 18.4 Å². The lowest BCUT2D eigenvalue weighted by Crippen LogP contribution is -2.46. The lowest BCUT2D eigenvalue weighted by molar-refractivity contribution is -0.136. The lowest BCUT2D eigenvalue weighted by Gasteiger charge is -2.34. The number of carbonyl (C=O) groups is 2. The molecular formula is C19H22F2N4O3. The number of rotatable bonds is 5. The van der Waals surface area contributed by atoms with Crippen molar-refractivity contribution in [3.05, 3.63) is 53.9 Å². The Hall–Kier alpha value is -2.78. The van der Waals surface area contributed by atoms with Crippen LogP contribution in [0, 0.1) is 11.6 Å². The predicted octanol–water partition coefficient (Wildman–Crippen LogP) is 1.43. The maximum absolute atomic E-state index is 13.2. The van der Waals surface area contributed by atoms with Crippen molar-refractivity contribution in [3.63, 3.8) is 0 Å². The highest BCUT2D eigenvalue weighted by Gasteiger charge is 2.26. The molecule has 9 heteroatoms. The van der Waals surface area contributed by atoms with Crippen LogP contribution in [0.2, 0.25) is 0 Å². The van der Waals surface area contributed by atoms with Crippen molar-refractivity contribution in [3.8, 4) is 0 Å². The van der Waals surface area contributed by atoms with Gasteiger partial charge in [-0.3, -0.25) is 14.5 Å². The Morgan fingerprint density at radius 1 is 1.14 bits per heavy atom. The molecule has 0 spiro atoms. The molecule has 1 atom stereocenters. The van der Waals surface area contributed by atoms with Crippen LogP contribution in [0.15, 0.2) is 36.5 Å². The third-order valence-corrected chi connectivity index (χ3v) is 4.65. The van der Waals surface area contributed by atoms with Crippen molar-refractivity contribution in [2.75, 3.05) is 38.2 Å². The second kappa shape index (κ2) is 8.94. The topological polar surface area (TPSA) is 75.6 Å². The van der Waals surface area contributed by atoms with Crippen LogP contribution < -0.4 is 10.6 Å². The first kappa shape index (κ1) is 20.0. The van der Waals surface area contributed by atoms with Crippen LogP contribution in [0.1, 0.15) is 11.7 Å². The molecule has 2 N–H and O–H groups in total. The molecule has 3 rings (SSSR count). The standard InChI is InChI=1S/C19H22F2N4O3/c1-24-6-2-3-16(24)17(25-7-9-28-10-8-25)12-22-18(26)19(27)23-13-4-5-14(20)15(21)11-13/h2-6,11,17H,7-10,12H2,1H3,(H,22,26)(H,23,27)/t17-/m1/s1. The van der Waals surface area contributed by atoms with Crippen molar-refractivity contribution in [1.82, 2.24) is 14.8 Å². The van der Waals surface area contributed by atoms with Gasteiger partial charge < -0.3 is 19.9 Å². The zero-order valence-electron chi connectivity index (χ0n) is 15.5.